The van der Waals surface area contributed by atoms with Gasteiger partial charge in [-0.25, -0.2) is 14.8 Å². The minimum absolute atomic E-state index is 0.0209. The number of benzene rings is 1. The first-order valence-corrected chi connectivity index (χ1v) is 10.0. The number of fused-ring (bicyclic) bond motifs is 1. The number of carbonyl (C=O) groups is 2. The first-order valence-electron chi connectivity index (χ1n) is 8.21. The Morgan fingerprint density at radius 3 is 2.67 bits per heavy atom. The van der Waals surface area contributed by atoms with Crippen molar-refractivity contribution in [1.29, 1.82) is 0 Å². The number of thioether (sulfide) groups is 1. The molecule has 0 fully saturated rings. The maximum Gasteiger partial charge on any atom is 0.321 e. The second kappa shape index (κ2) is 8.36. The van der Waals surface area contributed by atoms with Crippen LogP contribution in [0.3, 0.4) is 0 Å². The van der Waals surface area contributed by atoms with Crippen LogP contribution in [0.5, 0.6) is 0 Å². The van der Waals surface area contributed by atoms with E-state index in [0.717, 1.165) is 38.0 Å². The Kier molecular flexibility index (Phi) is 5.92. The highest BCUT2D eigenvalue weighted by molar-refractivity contribution is 7.99. The van der Waals surface area contributed by atoms with Crippen molar-refractivity contribution < 1.29 is 9.59 Å². The lowest BCUT2D eigenvalue weighted by atomic mass is 10.2. The first kappa shape index (κ1) is 19.1. The summed E-state index contributed by atoms with van der Waals surface area (Å²) in [5.74, 6) is 0.00396. The third-order valence-corrected chi connectivity index (χ3v) is 5.87. The second-order valence-corrected chi connectivity index (χ2v) is 8.01. The molecule has 0 atom stereocenters. The highest BCUT2D eigenvalue weighted by atomic mass is 32.2. The van der Waals surface area contributed by atoms with E-state index in [0.29, 0.717) is 17.5 Å². The number of hydrogen-bond donors (Lipinski definition) is 3. The number of nitrogen functional groups attached to an aromatic ring is 1. The minimum Gasteiger partial charge on any atom is -0.383 e. The fraction of sp³-hybridized carbons (Fsp3) is 0.222. The molecule has 140 valence electrons. The molecule has 0 aliphatic heterocycles. The summed E-state index contributed by atoms with van der Waals surface area (Å²) in [5.41, 5.74) is 8.06. The summed E-state index contributed by atoms with van der Waals surface area (Å²) in [5, 5.41) is 6.22. The van der Waals surface area contributed by atoms with Gasteiger partial charge < -0.3 is 11.1 Å². The summed E-state index contributed by atoms with van der Waals surface area (Å²) in [4.78, 5) is 34.4. The molecule has 9 heteroatoms. The summed E-state index contributed by atoms with van der Waals surface area (Å²) < 4.78 is 0. The van der Waals surface area contributed by atoms with Crippen LogP contribution in [0.25, 0.3) is 10.2 Å². The quantitative estimate of drug-likeness (QED) is 0.448. The largest absolute Gasteiger partial charge is 0.383 e. The number of anilines is 1. The summed E-state index contributed by atoms with van der Waals surface area (Å²) in [6.07, 6.45) is 0. The van der Waals surface area contributed by atoms with E-state index < -0.39 is 11.9 Å². The van der Waals surface area contributed by atoms with E-state index in [1.807, 2.05) is 44.2 Å². The molecule has 2 heterocycles. The van der Waals surface area contributed by atoms with Gasteiger partial charge in [-0.05, 0) is 25.0 Å². The summed E-state index contributed by atoms with van der Waals surface area (Å²) >= 11 is 2.69. The van der Waals surface area contributed by atoms with Crippen molar-refractivity contribution in [2.45, 2.75) is 25.5 Å². The van der Waals surface area contributed by atoms with Crippen molar-refractivity contribution in [3.8, 4) is 0 Å². The number of nitrogens with two attached hydrogens (primary N) is 1. The molecule has 7 nitrogen and oxygen atoms in total. The molecule has 0 aliphatic carbocycles. The molecule has 0 radical (unpaired) electrons. The lowest BCUT2D eigenvalue weighted by Crippen LogP contribution is -2.39. The van der Waals surface area contributed by atoms with Crippen LogP contribution in [-0.4, -0.2) is 27.7 Å². The zero-order valence-corrected chi connectivity index (χ0v) is 16.5. The molecule has 0 saturated heterocycles. The number of amides is 3. The van der Waals surface area contributed by atoms with Crippen molar-refractivity contribution in [2.24, 2.45) is 0 Å². The number of rotatable bonds is 5. The molecule has 3 aromatic rings. The van der Waals surface area contributed by atoms with Crippen LogP contribution in [0.1, 0.15) is 16.0 Å². The number of aromatic nitrogens is 2. The molecule has 27 heavy (non-hydrogen) atoms. The maximum atomic E-state index is 12.0. The second-order valence-electron chi connectivity index (χ2n) is 5.86. The summed E-state index contributed by atoms with van der Waals surface area (Å²) in [7, 11) is 0. The Morgan fingerprint density at radius 1 is 1.19 bits per heavy atom. The highest BCUT2D eigenvalue weighted by Gasteiger charge is 2.14. The molecule has 0 bridgehead atoms. The number of imide groups is 1. The Labute approximate surface area is 164 Å². The molecule has 0 aliphatic rings. The average Bonchev–Trinajstić information content (AvgIpc) is 2.93. The Bertz CT molecular complexity index is 988. The Balaban J connectivity index is 1.53. The van der Waals surface area contributed by atoms with E-state index in [9.17, 15) is 9.59 Å². The smallest absolute Gasteiger partial charge is 0.321 e. The van der Waals surface area contributed by atoms with E-state index >= 15 is 0 Å². The molecule has 0 unspecified atom stereocenters. The third-order valence-electron chi connectivity index (χ3n) is 3.92. The van der Waals surface area contributed by atoms with Gasteiger partial charge in [0.15, 0.2) is 5.16 Å². The number of thiophene rings is 1. The van der Waals surface area contributed by atoms with E-state index in [1.165, 1.54) is 0 Å². The fourth-order valence-corrected chi connectivity index (χ4v) is 4.19. The highest BCUT2D eigenvalue weighted by Crippen LogP contribution is 2.33. The van der Waals surface area contributed by atoms with Crippen LogP contribution in [0.2, 0.25) is 0 Å². The maximum absolute atomic E-state index is 12.0. The number of nitrogens with one attached hydrogen (secondary N) is 2. The van der Waals surface area contributed by atoms with E-state index in [4.69, 9.17) is 5.73 Å². The number of nitrogens with zero attached hydrogens (tertiary/aromatic N) is 2. The van der Waals surface area contributed by atoms with E-state index in [-0.39, 0.29) is 5.75 Å². The summed E-state index contributed by atoms with van der Waals surface area (Å²) in [6, 6.07) is 8.92. The van der Waals surface area contributed by atoms with Crippen LogP contribution in [0, 0.1) is 13.8 Å². The van der Waals surface area contributed by atoms with Crippen molar-refractivity contribution >= 4 is 51.1 Å². The van der Waals surface area contributed by atoms with Gasteiger partial charge in [-0.1, -0.05) is 42.1 Å². The normalized spacial score (nSPS) is 10.7. The lowest BCUT2D eigenvalue weighted by molar-refractivity contribution is -0.117. The first-order chi connectivity index (χ1) is 12.9. The molecular formula is C18H19N5O2S2. The predicted octanol–water partition coefficient (Wildman–Crippen LogP) is 3.01. The van der Waals surface area contributed by atoms with Crippen LogP contribution in [0.15, 0.2) is 35.5 Å². The van der Waals surface area contributed by atoms with Crippen molar-refractivity contribution in [1.82, 2.24) is 20.6 Å². The third kappa shape index (κ3) is 4.75. The van der Waals surface area contributed by atoms with Crippen LogP contribution >= 0.6 is 23.1 Å². The van der Waals surface area contributed by atoms with Gasteiger partial charge in [0, 0.05) is 11.4 Å². The minimum atomic E-state index is -0.537. The van der Waals surface area contributed by atoms with Gasteiger partial charge in [0.25, 0.3) is 0 Å². The van der Waals surface area contributed by atoms with Crippen LogP contribution in [0.4, 0.5) is 10.6 Å². The van der Waals surface area contributed by atoms with Gasteiger partial charge in [0.1, 0.15) is 10.6 Å². The topological polar surface area (TPSA) is 110 Å². The number of aryl methyl sites for hydroxylation is 2. The number of urea groups is 1. The van der Waals surface area contributed by atoms with Gasteiger partial charge >= 0.3 is 6.03 Å². The van der Waals surface area contributed by atoms with Gasteiger partial charge in [-0.15, -0.1) is 11.3 Å². The molecule has 0 spiro atoms. The van der Waals surface area contributed by atoms with Crippen molar-refractivity contribution in [3.63, 3.8) is 0 Å². The van der Waals surface area contributed by atoms with E-state index in [1.54, 1.807) is 11.3 Å². The molecule has 4 N–H and O–H groups in total. The van der Waals surface area contributed by atoms with Gasteiger partial charge in [0.05, 0.1) is 11.1 Å². The standard InChI is InChI=1S/C18H19N5O2S2/c1-10-11(2)27-16-14(10)15(19)22-18(23-16)26-9-13(24)21-17(25)20-8-12-6-4-3-5-7-12/h3-7H,8-9H2,1-2H3,(H2,19,22,23)(H2,20,21,24,25). The van der Waals surface area contributed by atoms with Crippen LogP contribution in [-0.2, 0) is 11.3 Å². The number of carbonyl (C=O) groups excluding carboxylic acids is 2. The molecule has 3 amide bonds. The fourth-order valence-electron chi connectivity index (χ4n) is 2.44. The zero-order valence-electron chi connectivity index (χ0n) is 14.9. The molecule has 0 saturated carbocycles. The molecular weight excluding hydrogens is 382 g/mol. The van der Waals surface area contributed by atoms with Crippen molar-refractivity contribution in [2.75, 3.05) is 11.5 Å². The van der Waals surface area contributed by atoms with Gasteiger partial charge in [-0.2, -0.15) is 0 Å². The Hall–Kier alpha value is -2.65. The zero-order chi connectivity index (χ0) is 19.4. The Morgan fingerprint density at radius 2 is 1.93 bits per heavy atom. The SMILES string of the molecule is Cc1sc2nc(SCC(=O)NC(=O)NCc3ccccc3)nc(N)c2c1C. The monoisotopic (exact) mass is 401 g/mol. The van der Waals surface area contributed by atoms with Gasteiger partial charge in [0.2, 0.25) is 5.91 Å². The van der Waals surface area contributed by atoms with Gasteiger partial charge in [-0.3, -0.25) is 10.1 Å². The van der Waals surface area contributed by atoms with Crippen molar-refractivity contribution in [3.05, 3.63) is 46.3 Å². The molecule has 3 rings (SSSR count). The lowest BCUT2D eigenvalue weighted by Gasteiger charge is -2.07. The molecule has 2 aromatic heterocycles. The summed E-state index contributed by atoms with van der Waals surface area (Å²) in [6.45, 7) is 4.35. The van der Waals surface area contributed by atoms with E-state index in [2.05, 4.69) is 20.6 Å². The predicted molar refractivity (Wildman–Crippen MR) is 109 cm³/mol. The average molecular weight is 402 g/mol. The van der Waals surface area contributed by atoms with Crippen LogP contribution < -0.4 is 16.4 Å². The number of hydrogen-bond acceptors (Lipinski definition) is 7. The molecule has 1 aromatic carbocycles.